The summed E-state index contributed by atoms with van der Waals surface area (Å²) in [5, 5.41) is 14.3. The third-order valence-corrected chi connectivity index (χ3v) is 4.69. The van der Waals surface area contributed by atoms with Crippen molar-refractivity contribution in [2.75, 3.05) is 20.2 Å². The van der Waals surface area contributed by atoms with Crippen LogP contribution in [0.2, 0.25) is 0 Å². The van der Waals surface area contributed by atoms with Gasteiger partial charge in [-0.05, 0) is 40.5 Å². The number of aliphatic imine (C=N–C) groups is 1. The number of aromatic nitrogens is 3. The van der Waals surface area contributed by atoms with E-state index in [4.69, 9.17) is 14.5 Å². The Balaban J connectivity index is 1.96. The second-order valence-electron chi connectivity index (χ2n) is 8.79. The number of aryl methyl sites for hydroxylation is 1. The summed E-state index contributed by atoms with van der Waals surface area (Å²) in [5.41, 5.74) is -0.523. The molecule has 1 aromatic heterocycles. The van der Waals surface area contributed by atoms with Crippen molar-refractivity contribution in [2.24, 2.45) is 4.99 Å². The van der Waals surface area contributed by atoms with Crippen molar-refractivity contribution in [2.45, 2.75) is 91.1 Å². The summed E-state index contributed by atoms with van der Waals surface area (Å²) < 4.78 is 12.5. The summed E-state index contributed by atoms with van der Waals surface area (Å²) in [6.07, 6.45) is 3.17. The Morgan fingerprint density at radius 1 is 1.35 bits per heavy atom. The van der Waals surface area contributed by atoms with Crippen LogP contribution in [0.5, 0.6) is 0 Å². The molecule has 0 aliphatic carbocycles. The summed E-state index contributed by atoms with van der Waals surface area (Å²) in [6, 6.07) is 0.117. The molecule has 10 nitrogen and oxygen atoms in total. The monoisotopic (exact) mass is 437 g/mol. The number of ether oxygens (including phenoxy) is 2. The van der Waals surface area contributed by atoms with E-state index in [1.165, 1.54) is 0 Å². The van der Waals surface area contributed by atoms with Crippen molar-refractivity contribution in [3.05, 3.63) is 11.6 Å². The highest BCUT2D eigenvalue weighted by atomic mass is 16.6. The number of rotatable bonds is 9. The lowest BCUT2D eigenvalue weighted by molar-refractivity contribution is 0.0503. The van der Waals surface area contributed by atoms with E-state index in [0.717, 1.165) is 50.6 Å². The molecule has 3 N–H and O–H groups in total. The largest absolute Gasteiger partial charge is 0.444 e. The topological polar surface area (TPSA) is 115 Å². The van der Waals surface area contributed by atoms with Crippen LogP contribution in [0.4, 0.5) is 4.79 Å². The molecule has 1 aromatic rings. The van der Waals surface area contributed by atoms with Crippen LogP contribution in [0, 0.1) is 0 Å². The predicted molar refractivity (Wildman–Crippen MR) is 120 cm³/mol. The van der Waals surface area contributed by atoms with Gasteiger partial charge in [-0.2, -0.15) is 5.10 Å². The van der Waals surface area contributed by atoms with E-state index in [1.807, 2.05) is 32.4 Å². The lowest BCUT2D eigenvalue weighted by atomic mass is 10.1. The molecule has 0 spiro atoms. The SMILES string of the molecule is CCCC(CN=C(NCC)NC1CCc2nc(COC)nn2C1)NC(=O)OC(C)(C)C. The zero-order valence-corrected chi connectivity index (χ0v) is 19.8. The Morgan fingerprint density at radius 3 is 2.77 bits per heavy atom. The zero-order valence-electron chi connectivity index (χ0n) is 19.8. The fraction of sp³-hybridized carbons (Fsp3) is 0.810. The van der Waals surface area contributed by atoms with Crippen molar-refractivity contribution in [3.8, 4) is 0 Å². The number of methoxy groups -OCH3 is 1. The molecule has 10 heteroatoms. The van der Waals surface area contributed by atoms with Crippen LogP contribution in [0.25, 0.3) is 0 Å². The molecule has 0 saturated carbocycles. The van der Waals surface area contributed by atoms with E-state index in [1.54, 1.807) is 7.11 Å². The first-order valence-corrected chi connectivity index (χ1v) is 11.2. The molecule has 31 heavy (non-hydrogen) atoms. The van der Waals surface area contributed by atoms with Gasteiger partial charge < -0.3 is 25.4 Å². The van der Waals surface area contributed by atoms with E-state index in [0.29, 0.717) is 19.0 Å². The van der Waals surface area contributed by atoms with E-state index in [2.05, 4.69) is 33.0 Å². The summed E-state index contributed by atoms with van der Waals surface area (Å²) >= 11 is 0. The zero-order chi connectivity index (χ0) is 22.9. The molecule has 1 amide bonds. The van der Waals surface area contributed by atoms with Gasteiger partial charge in [-0.15, -0.1) is 0 Å². The minimum atomic E-state index is -0.523. The average Bonchev–Trinajstić information content (AvgIpc) is 3.06. The van der Waals surface area contributed by atoms with Gasteiger partial charge in [-0.25, -0.2) is 14.5 Å². The maximum absolute atomic E-state index is 12.2. The molecule has 2 unspecified atom stereocenters. The Morgan fingerprint density at radius 2 is 2.13 bits per heavy atom. The first kappa shape index (κ1) is 24.9. The number of nitrogens with zero attached hydrogens (tertiary/aromatic N) is 4. The van der Waals surface area contributed by atoms with Crippen LogP contribution in [-0.2, 0) is 29.0 Å². The fourth-order valence-electron chi connectivity index (χ4n) is 3.42. The lowest BCUT2D eigenvalue weighted by Gasteiger charge is -2.26. The molecule has 0 fully saturated rings. The second kappa shape index (κ2) is 11.9. The summed E-state index contributed by atoms with van der Waals surface area (Å²) in [4.78, 5) is 21.4. The third kappa shape index (κ3) is 8.72. The number of alkyl carbamates (subject to hydrolysis) is 1. The van der Waals surface area contributed by atoms with Gasteiger partial charge in [0.15, 0.2) is 11.8 Å². The smallest absolute Gasteiger partial charge is 0.407 e. The summed E-state index contributed by atoms with van der Waals surface area (Å²) in [7, 11) is 1.65. The van der Waals surface area contributed by atoms with Crippen molar-refractivity contribution >= 4 is 12.1 Å². The highest BCUT2D eigenvalue weighted by Gasteiger charge is 2.23. The molecule has 0 saturated heterocycles. The van der Waals surface area contributed by atoms with Crippen LogP contribution in [0.15, 0.2) is 4.99 Å². The molecule has 2 atom stereocenters. The molecule has 2 heterocycles. The number of fused-ring (bicyclic) bond motifs is 1. The van der Waals surface area contributed by atoms with Gasteiger partial charge in [0.2, 0.25) is 0 Å². The highest BCUT2D eigenvalue weighted by Crippen LogP contribution is 2.13. The third-order valence-electron chi connectivity index (χ3n) is 4.69. The van der Waals surface area contributed by atoms with E-state index < -0.39 is 11.7 Å². The number of hydrogen-bond donors (Lipinski definition) is 3. The average molecular weight is 438 g/mol. The molecule has 1 aliphatic rings. The Labute approximate surface area is 185 Å². The maximum atomic E-state index is 12.2. The van der Waals surface area contributed by atoms with E-state index in [-0.39, 0.29) is 12.1 Å². The number of nitrogens with one attached hydrogen (secondary N) is 3. The quantitative estimate of drug-likeness (QED) is 0.400. The van der Waals surface area contributed by atoms with Crippen molar-refractivity contribution in [1.82, 2.24) is 30.7 Å². The molecular formula is C21H39N7O3. The minimum Gasteiger partial charge on any atom is -0.444 e. The normalized spacial score (nSPS) is 17.6. The lowest BCUT2D eigenvalue weighted by Crippen LogP contribution is -2.48. The van der Waals surface area contributed by atoms with E-state index >= 15 is 0 Å². The first-order chi connectivity index (χ1) is 14.7. The van der Waals surface area contributed by atoms with Gasteiger partial charge in [-0.1, -0.05) is 13.3 Å². The van der Waals surface area contributed by atoms with Crippen molar-refractivity contribution < 1.29 is 14.3 Å². The van der Waals surface area contributed by atoms with Crippen LogP contribution in [0.1, 0.15) is 65.5 Å². The standard InChI is InChI=1S/C21H39N7O3/c1-7-9-15(25-20(29)31-21(3,4)5)12-23-19(22-8-2)24-16-10-11-18-26-17(14-30-6)27-28(18)13-16/h15-16H,7-14H2,1-6H3,(H,25,29)(H2,22,23,24). The number of hydrogen-bond acceptors (Lipinski definition) is 6. The minimum absolute atomic E-state index is 0.0832. The Hall–Kier alpha value is -2.36. The van der Waals surface area contributed by atoms with Gasteiger partial charge in [0.1, 0.15) is 18.0 Å². The Bertz CT molecular complexity index is 727. The molecule has 1 aliphatic heterocycles. The Kier molecular flexibility index (Phi) is 9.54. The van der Waals surface area contributed by atoms with Crippen LogP contribution in [0.3, 0.4) is 0 Å². The van der Waals surface area contributed by atoms with Gasteiger partial charge in [0.05, 0.1) is 19.1 Å². The number of amides is 1. The van der Waals surface area contributed by atoms with Crippen molar-refractivity contribution in [1.29, 1.82) is 0 Å². The number of carbonyl (C=O) groups excluding carboxylic acids is 1. The van der Waals surface area contributed by atoms with Crippen molar-refractivity contribution in [3.63, 3.8) is 0 Å². The molecule has 0 aromatic carbocycles. The number of guanidine groups is 1. The van der Waals surface area contributed by atoms with Crippen LogP contribution < -0.4 is 16.0 Å². The second-order valence-corrected chi connectivity index (χ2v) is 8.79. The van der Waals surface area contributed by atoms with Gasteiger partial charge >= 0.3 is 6.09 Å². The highest BCUT2D eigenvalue weighted by molar-refractivity contribution is 5.80. The summed E-state index contributed by atoms with van der Waals surface area (Å²) in [5.74, 6) is 2.45. The first-order valence-electron chi connectivity index (χ1n) is 11.2. The van der Waals surface area contributed by atoms with Crippen LogP contribution >= 0.6 is 0 Å². The molecule has 176 valence electrons. The van der Waals surface area contributed by atoms with Gasteiger partial charge in [0, 0.05) is 26.1 Å². The maximum Gasteiger partial charge on any atom is 0.407 e. The van der Waals surface area contributed by atoms with Gasteiger partial charge in [0.25, 0.3) is 0 Å². The molecule has 2 rings (SSSR count). The van der Waals surface area contributed by atoms with Crippen LogP contribution in [-0.4, -0.2) is 64.7 Å². The number of carbonyl (C=O) groups is 1. The molecular weight excluding hydrogens is 398 g/mol. The van der Waals surface area contributed by atoms with E-state index in [9.17, 15) is 4.79 Å². The molecule has 0 radical (unpaired) electrons. The van der Waals surface area contributed by atoms with Gasteiger partial charge in [-0.3, -0.25) is 4.99 Å². The molecule has 0 bridgehead atoms. The fourth-order valence-corrected chi connectivity index (χ4v) is 3.42. The summed E-state index contributed by atoms with van der Waals surface area (Å²) in [6.45, 7) is 12.1. The predicted octanol–water partition coefficient (Wildman–Crippen LogP) is 1.99.